The van der Waals surface area contributed by atoms with Crippen LogP contribution >= 0.6 is 11.3 Å². The largest absolute Gasteiger partial charge is 0.298 e. The van der Waals surface area contributed by atoms with Crippen molar-refractivity contribution < 1.29 is 4.79 Å². The molecular formula is C20H20N4OS. The van der Waals surface area contributed by atoms with Crippen LogP contribution in [0.1, 0.15) is 17.1 Å². The molecule has 1 aliphatic heterocycles. The minimum absolute atomic E-state index is 0.258. The number of likely N-dealkylation sites (tertiary alicyclic amines) is 1. The Labute approximate surface area is 156 Å². The van der Waals surface area contributed by atoms with Crippen molar-refractivity contribution in [3.05, 3.63) is 41.2 Å². The number of carbonyl (C=O) groups excluding carboxylic acids is 1. The monoisotopic (exact) mass is 364 g/mol. The molecule has 1 saturated heterocycles. The molecule has 2 atom stereocenters. The Kier molecular flexibility index (Phi) is 3.83. The minimum Gasteiger partial charge on any atom is -0.298 e. The zero-order valence-corrected chi connectivity index (χ0v) is 15.5. The number of aromatic nitrogens is 3. The van der Waals surface area contributed by atoms with Crippen molar-refractivity contribution >= 4 is 27.9 Å². The molecule has 1 saturated carbocycles. The number of carbonyl (C=O) groups is 1. The van der Waals surface area contributed by atoms with Gasteiger partial charge in [-0.2, -0.15) is 0 Å². The Morgan fingerprint density at radius 1 is 1.19 bits per heavy atom. The number of aryl methyl sites for hydroxylation is 1. The maximum absolute atomic E-state index is 12.4. The lowest BCUT2D eigenvalue weighted by Gasteiger charge is -2.15. The summed E-state index contributed by atoms with van der Waals surface area (Å²) in [5.74, 6) is 1.99. The Bertz CT molecular complexity index is 988. The Hall–Kier alpha value is -2.18. The fourth-order valence-corrected chi connectivity index (χ4v) is 4.65. The van der Waals surface area contributed by atoms with Gasteiger partial charge in [-0.05, 0) is 42.7 Å². The minimum atomic E-state index is 0.258. The van der Waals surface area contributed by atoms with E-state index in [0.29, 0.717) is 13.0 Å². The van der Waals surface area contributed by atoms with Gasteiger partial charge in [-0.25, -0.2) is 0 Å². The fourth-order valence-electron chi connectivity index (χ4n) is 3.96. The van der Waals surface area contributed by atoms with Crippen molar-refractivity contribution in [2.45, 2.75) is 19.8 Å². The van der Waals surface area contributed by atoms with E-state index in [-0.39, 0.29) is 5.78 Å². The van der Waals surface area contributed by atoms with Gasteiger partial charge in [-0.15, -0.1) is 10.2 Å². The average molecular weight is 364 g/mol. The smallest absolute Gasteiger partial charge is 0.152 e. The van der Waals surface area contributed by atoms with Crippen molar-refractivity contribution in [3.8, 4) is 10.6 Å². The van der Waals surface area contributed by atoms with Crippen LogP contribution in [-0.2, 0) is 11.2 Å². The Morgan fingerprint density at radius 3 is 2.81 bits per heavy atom. The second-order valence-electron chi connectivity index (χ2n) is 7.53. The Morgan fingerprint density at radius 2 is 2.04 bits per heavy atom. The van der Waals surface area contributed by atoms with Crippen molar-refractivity contribution in [2.24, 2.45) is 11.8 Å². The zero-order chi connectivity index (χ0) is 17.7. The first-order valence-corrected chi connectivity index (χ1v) is 9.89. The molecule has 26 heavy (non-hydrogen) atoms. The highest BCUT2D eigenvalue weighted by Crippen LogP contribution is 2.44. The second kappa shape index (κ2) is 6.21. The van der Waals surface area contributed by atoms with E-state index < -0.39 is 0 Å². The Balaban J connectivity index is 1.33. The molecule has 3 heterocycles. The summed E-state index contributed by atoms with van der Waals surface area (Å²) in [6.07, 6.45) is 3.63. The van der Waals surface area contributed by atoms with Crippen molar-refractivity contribution in [1.82, 2.24) is 20.1 Å². The molecule has 0 bridgehead atoms. The molecule has 0 radical (unpaired) electrons. The number of piperidine rings is 1. The fraction of sp³-hybridized carbons (Fsp3) is 0.400. The van der Waals surface area contributed by atoms with E-state index in [2.05, 4.69) is 32.2 Å². The molecule has 5 nitrogen and oxygen atoms in total. The molecule has 132 valence electrons. The molecule has 0 N–H and O–H groups in total. The summed E-state index contributed by atoms with van der Waals surface area (Å²) < 4.78 is 0. The highest BCUT2D eigenvalue weighted by Gasteiger charge is 2.45. The third-order valence-corrected chi connectivity index (χ3v) is 6.27. The number of ketones is 1. The van der Waals surface area contributed by atoms with E-state index in [0.717, 1.165) is 57.0 Å². The topological polar surface area (TPSA) is 59.0 Å². The quantitative estimate of drug-likeness (QED) is 0.696. The van der Waals surface area contributed by atoms with Gasteiger partial charge in [0.05, 0.1) is 13.0 Å². The van der Waals surface area contributed by atoms with Gasteiger partial charge in [0.2, 0.25) is 0 Å². The van der Waals surface area contributed by atoms with Crippen LogP contribution in [0.5, 0.6) is 0 Å². The predicted octanol–water partition coefficient (Wildman–Crippen LogP) is 3.13. The van der Waals surface area contributed by atoms with Crippen LogP contribution < -0.4 is 0 Å². The lowest BCUT2D eigenvalue weighted by Crippen LogP contribution is -2.30. The summed E-state index contributed by atoms with van der Waals surface area (Å²) in [4.78, 5) is 19.2. The van der Waals surface area contributed by atoms with E-state index in [1.807, 2.05) is 25.3 Å². The summed E-state index contributed by atoms with van der Waals surface area (Å²) in [5, 5.41) is 12.4. The predicted molar refractivity (Wildman–Crippen MR) is 102 cm³/mol. The van der Waals surface area contributed by atoms with Gasteiger partial charge in [-0.3, -0.25) is 14.7 Å². The molecule has 1 aliphatic carbocycles. The third kappa shape index (κ3) is 3.15. The molecule has 2 unspecified atom stereocenters. The molecule has 0 spiro atoms. The van der Waals surface area contributed by atoms with Crippen LogP contribution in [0.15, 0.2) is 30.5 Å². The lowest BCUT2D eigenvalue weighted by molar-refractivity contribution is -0.119. The maximum atomic E-state index is 12.4. The van der Waals surface area contributed by atoms with Crippen LogP contribution in [0.3, 0.4) is 0 Å². The number of fused-ring (bicyclic) bond motifs is 2. The molecule has 1 aromatic carbocycles. The summed E-state index contributed by atoms with van der Waals surface area (Å²) in [6, 6.07) is 8.25. The number of benzene rings is 1. The van der Waals surface area contributed by atoms with Gasteiger partial charge >= 0.3 is 0 Å². The van der Waals surface area contributed by atoms with Crippen molar-refractivity contribution in [1.29, 1.82) is 0 Å². The molecule has 0 amide bonds. The second-order valence-corrected chi connectivity index (χ2v) is 8.71. The number of hydrogen-bond acceptors (Lipinski definition) is 6. The molecule has 2 aromatic heterocycles. The van der Waals surface area contributed by atoms with E-state index >= 15 is 0 Å². The van der Waals surface area contributed by atoms with Crippen LogP contribution in [-0.4, -0.2) is 45.5 Å². The van der Waals surface area contributed by atoms with Gasteiger partial charge in [0.1, 0.15) is 10.0 Å². The van der Waals surface area contributed by atoms with E-state index in [4.69, 9.17) is 0 Å². The summed E-state index contributed by atoms with van der Waals surface area (Å²) in [6.45, 7) is 4.73. The first kappa shape index (κ1) is 16.0. The molecule has 5 rings (SSSR count). The van der Waals surface area contributed by atoms with Crippen molar-refractivity contribution in [3.63, 3.8) is 0 Å². The highest BCUT2D eigenvalue weighted by molar-refractivity contribution is 7.14. The normalized spacial score (nSPS) is 21.9. The highest BCUT2D eigenvalue weighted by atomic mass is 32.1. The molecule has 2 fully saturated rings. The van der Waals surface area contributed by atoms with Crippen LogP contribution in [0.25, 0.3) is 21.3 Å². The number of rotatable bonds is 5. The zero-order valence-electron chi connectivity index (χ0n) is 14.7. The standard InChI is InChI=1S/C20H20N4OS/c1-12-22-23-20(26-12)13-2-3-14-8-21-18(6-15(14)4-13)7-19(25)11-24-9-16-5-17(16)10-24/h2-4,6,8,16-17H,5,7,9-11H2,1H3. The number of Topliss-reactive ketones (excluding diaryl/α,β-unsaturated/α-hetero) is 1. The van der Waals surface area contributed by atoms with Gasteiger partial charge in [0, 0.05) is 35.9 Å². The maximum Gasteiger partial charge on any atom is 0.152 e. The molecule has 2 aliphatic rings. The summed E-state index contributed by atoms with van der Waals surface area (Å²) in [5.41, 5.74) is 1.90. The third-order valence-electron chi connectivity index (χ3n) is 5.38. The molecule has 6 heteroatoms. The molecular weight excluding hydrogens is 344 g/mol. The van der Waals surface area contributed by atoms with Crippen LogP contribution in [0.4, 0.5) is 0 Å². The van der Waals surface area contributed by atoms with Crippen molar-refractivity contribution in [2.75, 3.05) is 19.6 Å². The SMILES string of the molecule is Cc1nnc(-c2ccc3cnc(CC(=O)CN4CC5CC5C4)cc3c2)s1. The average Bonchev–Trinajstić information content (AvgIpc) is 3.01. The number of hydrogen-bond donors (Lipinski definition) is 0. The van der Waals surface area contributed by atoms with Gasteiger partial charge in [0.25, 0.3) is 0 Å². The number of pyridine rings is 1. The van der Waals surface area contributed by atoms with Gasteiger partial charge in [-0.1, -0.05) is 23.5 Å². The molecule has 3 aromatic rings. The van der Waals surface area contributed by atoms with E-state index in [9.17, 15) is 4.79 Å². The summed E-state index contributed by atoms with van der Waals surface area (Å²) in [7, 11) is 0. The van der Waals surface area contributed by atoms with Crippen LogP contribution in [0.2, 0.25) is 0 Å². The van der Waals surface area contributed by atoms with Gasteiger partial charge in [0.15, 0.2) is 5.78 Å². The number of nitrogens with zero attached hydrogens (tertiary/aromatic N) is 4. The van der Waals surface area contributed by atoms with E-state index in [1.165, 1.54) is 6.42 Å². The van der Waals surface area contributed by atoms with Gasteiger partial charge < -0.3 is 0 Å². The van der Waals surface area contributed by atoms with E-state index in [1.54, 1.807) is 11.3 Å². The lowest BCUT2D eigenvalue weighted by atomic mass is 10.1. The van der Waals surface area contributed by atoms with Crippen LogP contribution in [0, 0.1) is 18.8 Å². The first-order chi connectivity index (χ1) is 12.6. The first-order valence-electron chi connectivity index (χ1n) is 9.07. The summed E-state index contributed by atoms with van der Waals surface area (Å²) >= 11 is 1.59.